The van der Waals surface area contributed by atoms with Gasteiger partial charge in [0, 0.05) is 13.0 Å². The van der Waals surface area contributed by atoms with Crippen LogP contribution in [0.1, 0.15) is 74.6 Å². The minimum atomic E-state index is -0.939. The average Bonchev–Trinajstić information content (AvgIpc) is 2.85. The predicted octanol–water partition coefficient (Wildman–Crippen LogP) is 2.93. The van der Waals surface area contributed by atoms with E-state index >= 15 is 0 Å². The highest BCUT2D eigenvalue weighted by atomic mass is 16.5. The van der Waals surface area contributed by atoms with Gasteiger partial charge in [0.2, 0.25) is 0 Å². The smallest absolute Gasteiger partial charge is 0.335 e. The van der Waals surface area contributed by atoms with Crippen molar-refractivity contribution in [3.63, 3.8) is 0 Å². The molecule has 0 radical (unpaired) electrons. The van der Waals surface area contributed by atoms with Crippen molar-refractivity contribution in [2.45, 2.75) is 64.2 Å². The van der Waals surface area contributed by atoms with Gasteiger partial charge in [-0.05, 0) is 81.8 Å². The lowest BCUT2D eigenvalue weighted by atomic mass is 9.82. The number of aromatic carboxylic acids is 1. The molecular weight excluding hydrogens is 454 g/mol. The van der Waals surface area contributed by atoms with Crippen LogP contribution in [0.4, 0.5) is 0 Å². The molecule has 0 unspecified atom stereocenters. The molecule has 1 saturated carbocycles. The van der Waals surface area contributed by atoms with Gasteiger partial charge in [0.05, 0.1) is 11.5 Å². The summed E-state index contributed by atoms with van der Waals surface area (Å²) in [5.41, 5.74) is 16.3. The Bertz CT molecular complexity index is 706. The lowest BCUT2D eigenvalue weighted by molar-refractivity contribution is -0.143. The molecule has 0 atom stereocenters. The largest absolute Gasteiger partial charge is 0.492 e. The fraction of sp³-hybridized carbons (Fsp3) is 0.640. The molecule has 1 aliphatic rings. The lowest BCUT2D eigenvalue weighted by Crippen LogP contribution is -2.25. The molecule has 200 valence electrons. The molecule has 2 rings (SSSR count). The van der Waals surface area contributed by atoms with Crippen LogP contribution >= 0.6 is 0 Å². The third kappa shape index (κ3) is 17.4. The summed E-state index contributed by atoms with van der Waals surface area (Å²) in [6.45, 7) is 2.35. The zero-order valence-corrected chi connectivity index (χ0v) is 20.6. The van der Waals surface area contributed by atoms with E-state index < -0.39 is 17.9 Å². The third-order valence-corrected chi connectivity index (χ3v) is 5.61. The van der Waals surface area contributed by atoms with Gasteiger partial charge in [-0.25, -0.2) is 4.79 Å². The van der Waals surface area contributed by atoms with Crippen LogP contribution in [0.15, 0.2) is 24.3 Å². The number of ether oxygens (including phenoxy) is 1. The van der Waals surface area contributed by atoms with Crippen LogP contribution < -0.4 is 21.9 Å². The predicted molar refractivity (Wildman–Crippen MR) is 134 cm³/mol. The van der Waals surface area contributed by atoms with Crippen LogP contribution in [0.3, 0.4) is 0 Å². The number of benzene rings is 1. The number of carboxylic acid groups (broad SMARTS) is 3. The number of rotatable bonds is 13. The van der Waals surface area contributed by atoms with E-state index in [0.717, 1.165) is 64.3 Å². The quantitative estimate of drug-likeness (QED) is 0.220. The van der Waals surface area contributed by atoms with Crippen molar-refractivity contribution in [1.29, 1.82) is 0 Å². The van der Waals surface area contributed by atoms with Crippen molar-refractivity contribution in [3.8, 4) is 5.75 Å². The van der Waals surface area contributed by atoms with Gasteiger partial charge in [0.25, 0.3) is 0 Å². The standard InChI is InChI=1S/C9H11NO3.C8H15NO2.C8H17NO2/c10-5-6-13-8-3-1-7(2-4-8)9(11)12;9-5-6-1-3-7(4-2-6)8(10)11;9-7-5-3-1-2-4-6-8(10)11/h1-4H,5-6,10H2,(H,11,12);6-7H,1-5,9H2,(H,10,11);1-7,9H2,(H,10,11). The van der Waals surface area contributed by atoms with Crippen LogP contribution in [0.25, 0.3) is 0 Å². The highest BCUT2D eigenvalue weighted by Crippen LogP contribution is 2.27. The van der Waals surface area contributed by atoms with E-state index in [1.165, 1.54) is 12.1 Å². The number of unbranched alkanes of at least 4 members (excludes halogenated alkanes) is 4. The Morgan fingerprint density at radius 1 is 0.800 bits per heavy atom. The minimum Gasteiger partial charge on any atom is -0.492 e. The molecule has 9 N–H and O–H groups in total. The van der Waals surface area contributed by atoms with E-state index in [-0.39, 0.29) is 11.5 Å². The molecule has 10 nitrogen and oxygen atoms in total. The van der Waals surface area contributed by atoms with Gasteiger partial charge in [0.15, 0.2) is 0 Å². The normalized spacial score (nSPS) is 16.7. The number of nitrogens with two attached hydrogens (primary N) is 3. The average molecular weight is 498 g/mol. The summed E-state index contributed by atoms with van der Waals surface area (Å²) in [4.78, 5) is 31.1. The van der Waals surface area contributed by atoms with Gasteiger partial charge in [-0.3, -0.25) is 9.59 Å². The van der Waals surface area contributed by atoms with E-state index in [1.807, 2.05) is 0 Å². The van der Waals surface area contributed by atoms with Crippen LogP contribution in [-0.4, -0.2) is 59.5 Å². The first-order valence-electron chi connectivity index (χ1n) is 12.3. The van der Waals surface area contributed by atoms with E-state index in [1.54, 1.807) is 12.1 Å². The Morgan fingerprint density at radius 2 is 1.37 bits per heavy atom. The molecule has 1 fully saturated rings. The number of carboxylic acids is 3. The van der Waals surface area contributed by atoms with Crippen molar-refractivity contribution in [3.05, 3.63) is 29.8 Å². The van der Waals surface area contributed by atoms with Gasteiger partial charge >= 0.3 is 17.9 Å². The number of aliphatic carboxylic acids is 2. The third-order valence-electron chi connectivity index (χ3n) is 5.61. The van der Waals surface area contributed by atoms with Gasteiger partial charge in [-0.1, -0.05) is 19.3 Å². The zero-order valence-electron chi connectivity index (χ0n) is 20.6. The monoisotopic (exact) mass is 497 g/mol. The SMILES string of the molecule is NCC1CCC(C(=O)O)CC1.NCCCCCCCC(=O)O.NCCOc1ccc(C(=O)O)cc1. The fourth-order valence-electron chi connectivity index (χ4n) is 3.47. The molecular formula is C25H43N3O7. The minimum absolute atomic E-state index is 0.0993. The molecule has 0 aliphatic heterocycles. The summed E-state index contributed by atoms with van der Waals surface area (Å²) in [5.74, 6) is -1.16. The Hall–Kier alpha value is -2.69. The molecule has 35 heavy (non-hydrogen) atoms. The topological polar surface area (TPSA) is 199 Å². The highest BCUT2D eigenvalue weighted by molar-refractivity contribution is 5.87. The van der Waals surface area contributed by atoms with Gasteiger partial charge in [-0.2, -0.15) is 0 Å². The summed E-state index contributed by atoms with van der Waals surface area (Å²) < 4.78 is 5.17. The maximum absolute atomic E-state index is 10.5. The highest BCUT2D eigenvalue weighted by Gasteiger charge is 2.24. The second-order valence-corrected chi connectivity index (χ2v) is 8.46. The summed E-state index contributed by atoms with van der Waals surface area (Å²) >= 11 is 0. The van der Waals surface area contributed by atoms with Crippen molar-refractivity contribution in [2.24, 2.45) is 29.0 Å². The molecule has 0 saturated heterocycles. The zero-order chi connectivity index (χ0) is 26.5. The van der Waals surface area contributed by atoms with E-state index in [9.17, 15) is 14.4 Å². The number of hydrogen-bond acceptors (Lipinski definition) is 7. The number of carbonyl (C=O) groups is 3. The van der Waals surface area contributed by atoms with Crippen LogP contribution in [0.5, 0.6) is 5.75 Å². The van der Waals surface area contributed by atoms with Crippen molar-refractivity contribution in [1.82, 2.24) is 0 Å². The second-order valence-electron chi connectivity index (χ2n) is 8.46. The first kappa shape index (κ1) is 32.3. The molecule has 0 heterocycles. The summed E-state index contributed by atoms with van der Waals surface area (Å²) in [6.07, 6.45) is 9.07. The molecule has 0 spiro atoms. The molecule has 1 aromatic rings. The molecule has 1 aromatic carbocycles. The molecule has 0 aromatic heterocycles. The first-order chi connectivity index (χ1) is 16.7. The van der Waals surface area contributed by atoms with Crippen molar-refractivity contribution in [2.75, 3.05) is 26.2 Å². The lowest BCUT2D eigenvalue weighted by Gasteiger charge is -2.24. The van der Waals surface area contributed by atoms with Crippen LogP contribution in [0, 0.1) is 11.8 Å². The van der Waals surface area contributed by atoms with Gasteiger partial charge in [0.1, 0.15) is 12.4 Å². The molecule has 10 heteroatoms. The fourth-order valence-corrected chi connectivity index (χ4v) is 3.47. The molecule has 1 aliphatic carbocycles. The summed E-state index contributed by atoms with van der Waals surface area (Å²) in [5, 5.41) is 25.6. The second kappa shape index (κ2) is 20.7. The maximum Gasteiger partial charge on any atom is 0.335 e. The molecule has 0 amide bonds. The first-order valence-corrected chi connectivity index (χ1v) is 12.3. The van der Waals surface area contributed by atoms with Crippen LogP contribution in [0.2, 0.25) is 0 Å². The van der Waals surface area contributed by atoms with Crippen LogP contribution in [-0.2, 0) is 9.59 Å². The maximum atomic E-state index is 10.5. The van der Waals surface area contributed by atoms with E-state index in [0.29, 0.717) is 37.8 Å². The summed E-state index contributed by atoms with van der Waals surface area (Å²) in [6, 6.07) is 6.21. The van der Waals surface area contributed by atoms with Crippen molar-refractivity contribution < 1.29 is 34.4 Å². The Kier molecular flexibility index (Phi) is 19.1. The molecule has 0 bridgehead atoms. The Balaban J connectivity index is 0.000000498. The summed E-state index contributed by atoms with van der Waals surface area (Å²) in [7, 11) is 0. The Morgan fingerprint density at radius 3 is 1.83 bits per heavy atom. The van der Waals surface area contributed by atoms with E-state index in [4.69, 9.17) is 37.3 Å². The number of hydrogen-bond donors (Lipinski definition) is 6. The van der Waals surface area contributed by atoms with E-state index in [2.05, 4.69) is 0 Å². The Labute approximate surface area is 207 Å². The van der Waals surface area contributed by atoms with Crippen molar-refractivity contribution >= 4 is 17.9 Å². The van der Waals surface area contributed by atoms with Gasteiger partial charge in [-0.15, -0.1) is 0 Å². The van der Waals surface area contributed by atoms with Gasteiger partial charge < -0.3 is 37.3 Å².